The van der Waals surface area contributed by atoms with Crippen LogP contribution in [0.4, 0.5) is 0 Å². The molecule has 1 N–H and O–H groups in total. The van der Waals surface area contributed by atoms with E-state index in [1.165, 1.54) is 0 Å². The summed E-state index contributed by atoms with van der Waals surface area (Å²) in [7, 11) is -3.95. The number of sulfonamides is 1. The number of likely N-dealkylation sites (N-methyl/N-ethyl adjacent to an activating group) is 1. The molecule has 1 aromatic carbocycles. The van der Waals surface area contributed by atoms with E-state index in [1.54, 1.807) is 26.8 Å². The molecule has 5 nitrogen and oxygen atoms in total. The Morgan fingerprint density at radius 1 is 1.25 bits per heavy atom. The Bertz CT molecular complexity index is 714. The molecule has 1 aromatic rings. The average molecular weight is 395 g/mol. The van der Waals surface area contributed by atoms with Crippen molar-refractivity contribution < 1.29 is 13.2 Å². The van der Waals surface area contributed by atoms with Gasteiger partial charge in [0.25, 0.3) is 0 Å². The van der Waals surface area contributed by atoms with E-state index in [2.05, 4.69) is 5.32 Å². The molecular formula is C16H24Cl2N2O3S. The summed E-state index contributed by atoms with van der Waals surface area (Å²) in [6, 6.07) is 1.63. The minimum atomic E-state index is -3.95. The van der Waals surface area contributed by atoms with Crippen LogP contribution in [0.15, 0.2) is 11.0 Å². The van der Waals surface area contributed by atoms with E-state index < -0.39 is 15.6 Å². The molecule has 0 saturated carbocycles. The van der Waals surface area contributed by atoms with Crippen LogP contribution in [-0.4, -0.2) is 37.3 Å². The van der Waals surface area contributed by atoms with Crippen molar-refractivity contribution in [3.05, 3.63) is 27.2 Å². The zero-order valence-corrected chi connectivity index (χ0v) is 17.2. The third kappa shape index (κ3) is 4.85. The van der Waals surface area contributed by atoms with E-state index in [9.17, 15) is 13.2 Å². The molecule has 1 rings (SSSR count). The van der Waals surface area contributed by atoms with Gasteiger partial charge in [-0.1, -0.05) is 30.1 Å². The summed E-state index contributed by atoms with van der Waals surface area (Å²) in [5, 5.41) is 3.21. The predicted molar refractivity (Wildman–Crippen MR) is 98.3 cm³/mol. The lowest BCUT2D eigenvalue weighted by molar-refractivity contribution is -0.122. The SMILES string of the molecule is CCN(CC(=O)NC(C)(C)C)S(=O)(=O)c1c(C)c(Cl)cc(C)c1Cl. The summed E-state index contributed by atoms with van der Waals surface area (Å²) in [6.45, 7) is 10.3. The molecule has 0 atom stereocenters. The van der Waals surface area contributed by atoms with Gasteiger partial charge in [-0.25, -0.2) is 8.42 Å². The van der Waals surface area contributed by atoms with E-state index in [0.29, 0.717) is 16.1 Å². The van der Waals surface area contributed by atoms with Crippen molar-refractivity contribution >= 4 is 39.1 Å². The fourth-order valence-electron chi connectivity index (χ4n) is 2.23. The van der Waals surface area contributed by atoms with Gasteiger partial charge in [-0.05, 0) is 51.8 Å². The molecule has 0 aliphatic carbocycles. The molecule has 1 amide bonds. The highest BCUT2D eigenvalue weighted by molar-refractivity contribution is 7.89. The lowest BCUT2D eigenvalue weighted by Gasteiger charge is -2.26. The first-order valence-corrected chi connectivity index (χ1v) is 9.77. The molecule has 24 heavy (non-hydrogen) atoms. The molecule has 0 bridgehead atoms. The molecule has 0 radical (unpaired) electrons. The van der Waals surface area contributed by atoms with E-state index in [4.69, 9.17) is 23.2 Å². The monoisotopic (exact) mass is 394 g/mol. The van der Waals surface area contributed by atoms with Crippen LogP contribution in [-0.2, 0) is 14.8 Å². The number of halogens is 2. The number of hydrogen-bond donors (Lipinski definition) is 1. The fourth-order valence-corrected chi connectivity index (χ4v) is 4.81. The molecular weight excluding hydrogens is 371 g/mol. The molecule has 0 aliphatic heterocycles. The van der Waals surface area contributed by atoms with Gasteiger partial charge in [-0.2, -0.15) is 4.31 Å². The predicted octanol–water partition coefficient (Wildman–Crippen LogP) is 3.54. The number of aryl methyl sites for hydroxylation is 1. The standard InChI is InChI=1S/C16H24Cl2N2O3S/c1-7-20(9-13(21)19-16(4,5)6)24(22,23)15-11(3)12(17)8-10(2)14(15)18/h8H,7,9H2,1-6H3,(H,19,21). The Kier molecular flexibility index (Phi) is 6.72. The third-order valence-electron chi connectivity index (χ3n) is 3.37. The van der Waals surface area contributed by atoms with Crippen molar-refractivity contribution in [3.8, 4) is 0 Å². The second-order valence-electron chi connectivity index (χ2n) is 6.67. The van der Waals surface area contributed by atoms with Gasteiger partial charge in [0.05, 0.1) is 11.6 Å². The summed E-state index contributed by atoms with van der Waals surface area (Å²) < 4.78 is 27.1. The number of carbonyl (C=O) groups is 1. The highest BCUT2D eigenvalue weighted by Crippen LogP contribution is 2.35. The van der Waals surface area contributed by atoms with Crippen molar-refractivity contribution in [2.75, 3.05) is 13.1 Å². The maximum absolute atomic E-state index is 13.0. The summed E-state index contributed by atoms with van der Waals surface area (Å²) in [5.41, 5.74) is 0.503. The summed E-state index contributed by atoms with van der Waals surface area (Å²) >= 11 is 12.4. The Morgan fingerprint density at radius 2 is 1.79 bits per heavy atom. The maximum atomic E-state index is 13.0. The van der Waals surface area contributed by atoms with Crippen LogP contribution >= 0.6 is 23.2 Å². The first kappa shape index (κ1) is 21.2. The third-order valence-corrected chi connectivity index (χ3v) is 6.46. The van der Waals surface area contributed by atoms with Crippen molar-refractivity contribution in [2.24, 2.45) is 0 Å². The number of benzene rings is 1. The van der Waals surface area contributed by atoms with Crippen LogP contribution in [0.2, 0.25) is 10.0 Å². The second kappa shape index (κ2) is 7.60. The molecule has 0 unspecified atom stereocenters. The molecule has 136 valence electrons. The van der Waals surface area contributed by atoms with E-state index in [0.717, 1.165) is 4.31 Å². The van der Waals surface area contributed by atoms with E-state index in [1.807, 2.05) is 20.8 Å². The molecule has 0 aliphatic rings. The normalized spacial score (nSPS) is 12.5. The van der Waals surface area contributed by atoms with Crippen molar-refractivity contribution in [1.82, 2.24) is 9.62 Å². The Morgan fingerprint density at radius 3 is 2.25 bits per heavy atom. The van der Waals surface area contributed by atoms with Gasteiger partial charge in [0.2, 0.25) is 15.9 Å². The van der Waals surface area contributed by atoms with Crippen LogP contribution in [0.1, 0.15) is 38.8 Å². The first-order chi connectivity index (χ1) is 10.8. The number of nitrogens with one attached hydrogen (secondary N) is 1. The number of carbonyl (C=O) groups excluding carboxylic acids is 1. The van der Waals surface area contributed by atoms with Gasteiger partial charge in [0, 0.05) is 17.1 Å². The van der Waals surface area contributed by atoms with Crippen LogP contribution in [0.25, 0.3) is 0 Å². The van der Waals surface area contributed by atoms with E-state index >= 15 is 0 Å². The van der Waals surface area contributed by atoms with Crippen molar-refractivity contribution in [3.63, 3.8) is 0 Å². The minimum absolute atomic E-state index is 0.0421. The van der Waals surface area contributed by atoms with Gasteiger partial charge < -0.3 is 5.32 Å². The van der Waals surface area contributed by atoms with Crippen LogP contribution in [0.5, 0.6) is 0 Å². The van der Waals surface area contributed by atoms with Gasteiger partial charge in [0.15, 0.2) is 0 Å². The van der Waals surface area contributed by atoms with E-state index in [-0.39, 0.29) is 28.9 Å². The van der Waals surface area contributed by atoms with Gasteiger partial charge in [0.1, 0.15) is 4.90 Å². The quantitative estimate of drug-likeness (QED) is 0.830. The smallest absolute Gasteiger partial charge is 0.245 e. The Balaban J connectivity index is 3.30. The summed E-state index contributed by atoms with van der Waals surface area (Å²) in [4.78, 5) is 12.1. The highest BCUT2D eigenvalue weighted by atomic mass is 35.5. The van der Waals surface area contributed by atoms with Gasteiger partial charge >= 0.3 is 0 Å². The van der Waals surface area contributed by atoms with Gasteiger partial charge in [-0.3, -0.25) is 4.79 Å². The number of nitrogens with zero attached hydrogens (tertiary/aromatic N) is 1. The van der Waals surface area contributed by atoms with Crippen LogP contribution in [0, 0.1) is 13.8 Å². The molecule has 0 fully saturated rings. The summed E-state index contributed by atoms with van der Waals surface area (Å²) in [6.07, 6.45) is 0. The average Bonchev–Trinajstić information content (AvgIpc) is 2.40. The molecule has 0 aromatic heterocycles. The largest absolute Gasteiger partial charge is 0.350 e. The van der Waals surface area contributed by atoms with Crippen LogP contribution in [0.3, 0.4) is 0 Å². The summed E-state index contributed by atoms with van der Waals surface area (Å²) in [5.74, 6) is -0.375. The zero-order valence-electron chi connectivity index (χ0n) is 14.8. The maximum Gasteiger partial charge on any atom is 0.245 e. The number of rotatable bonds is 5. The van der Waals surface area contributed by atoms with Crippen molar-refractivity contribution in [2.45, 2.75) is 52.0 Å². The number of amides is 1. The Labute approximate surface area is 154 Å². The van der Waals surface area contributed by atoms with Gasteiger partial charge in [-0.15, -0.1) is 0 Å². The lowest BCUT2D eigenvalue weighted by atomic mass is 10.1. The second-order valence-corrected chi connectivity index (χ2v) is 9.33. The lowest BCUT2D eigenvalue weighted by Crippen LogP contribution is -2.47. The fraction of sp³-hybridized carbons (Fsp3) is 0.562. The molecule has 0 heterocycles. The number of hydrogen-bond acceptors (Lipinski definition) is 3. The van der Waals surface area contributed by atoms with Crippen molar-refractivity contribution in [1.29, 1.82) is 0 Å². The van der Waals surface area contributed by atoms with Crippen LogP contribution < -0.4 is 5.32 Å². The molecule has 8 heteroatoms. The molecule has 0 saturated heterocycles. The Hall–Kier alpha value is -0.820. The first-order valence-electron chi connectivity index (χ1n) is 7.57. The highest BCUT2D eigenvalue weighted by Gasteiger charge is 2.31. The minimum Gasteiger partial charge on any atom is -0.350 e. The zero-order chi connectivity index (χ0) is 18.9. The topological polar surface area (TPSA) is 66.5 Å². The molecule has 0 spiro atoms.